The minimum absolute atomic E-state index is 0.201. The summed E-state index contributed by atoms with van der Waals surface area (Å²) < 4.78 is 14.3. The highest BCUT2D eigenvalue weighted by Crippen LogP contribution is 2.29. The normalized spacial score (nSPS) is 12.5. The van der Waals surface area contributed by atoms with Crippen LogP contribution in [0, 0.1) is 33.5 Å². The largest absolute Gasteiger partial charge is 0.271 e. The fourth-order valence-corrected chi connectivity index (χ4v) is 2.53. The predicted octanol–water partition coefficient (Wildman–Crippen LogP) is 3.61. The zero-order valence-corrected chi connectivity index (χ0v) is 12.4. The van der Waals surface area contributed by atoms with Crippen molar-refractivity contribution in [1.82, 2.24) is 5.43 Å². The van der Waals surface area contributed by atoms with Crippen LogP contribution in [0.25, 0.3) is 0 Å². The van der Waals surface area contributed by atoms with Crippen molar-refractivity contribution in [3.8, 4) is 0 Å². The molecule has 1 unspecified atom stereocenters. The van der Waals surface area contributed by atoms with Gasteiger partial charge in [-0.15, -0.1) is 0 Å². The minimum Gasteiger partial charge on any atom is -0.271 e. The Morgan fingerprint density at radius 3 is 2.20 bits per heavy atom. The van der Waals surface area contributed by atoms with Gasteiger partial charge in [0.25, 0.3) is 0 Å². The third kappa shape index (κ3) is 2.60. The highest BCUT2D eigenvalue weighted by Gasteiger charge is 2.19. The summed E-state index contributed by atoms with van der Waals surface area (Å²) in [5.74, 6) is 5.50. The van der Waals surface area contributed by atoms with Crippen LogP contribution in [0.5, 0.6) is 0 Å². The van der Waals surface area contributed by atoms with Crippen molar-refractivity contribution in [2.45, 2.75) is 33.7 Å². The smallest absolute Gasteiger partial charge is 0.131 e. The Labute approximate surface area is 119 Å². The average Bonchev–Trinajstić information content (AvgIpc) is 2.41. The number of hydrazine groups is 1. The molecule has 0 amide bonds. The van der Waals surface area contributed by atoms with Gasteiger partial charge in [-0.1, -0.05) is 30.3 Å². The number of aryl methyl sites for hydroxylation is 4. The summed E-state index contributed by atoms with van der Waals surface area (Å²) in [7, 11) is 0. The maximum Gasteiger partial charge on any atom is 0.131 e. The quantitative estimate of drug-likeness (QED) is 0.661. The molecule has 0 bridgehead atoms. The second-order valence-electron chi connectivity index (χ2n) is 5.37. The number of halogens is 1. The molecular weight excluding hydrogens is 251 g/mol. The second-order valence-corrected chi connectivity index (χ2v) is 5.37. The van der Waals surface area contributed by atoms with Gasteiger partial charge >= 0.3 is 0 Å². The molecule has 106 valence electrons. The Kier molecular flexibility index (Phi) is 4.21. The maximum atomic E-state index is 14.3. The molecule has 3 N–H and O–H groups in total. The van der Waals surface area contributed by atoms with Crippen LogP contribution < -0.4 is 11.3 Å². The van der Waals surface area contributed by atoms with Crippen molar-refractivity contribution in [3.63, 3.8) is 0 Å². The standard InChI is InChI=1S/C17H21FN2/c1-10-6-5-7-14(16(10)18)17(20-19)15-9-12(3)11(2)8-13(15)4/h5-9,17,20H,19H2,1-4H3. The molecule has 0 aliphatic rings. The van der Waals surface area contributed by atoms with Gasteiger partial charge in [0, 0.05) is 5.56 Å². The van der Waals surface area contributed by atoms with Gasteiger partial charge in [0.05, 0.1) is 6.04 Å². The zero-order chi connectivity index (χ0) is 14.9. The molecule has 2 rings (SSSR count). The molecule has 0 saturated carbocycles. The van der Waals surface area contributed by atoms with Crippen LogP contribution in [-0.2, 0) is 0 Å². The Balaban J connectivity index is 2.58. The highest BCUT2D eigenvalue weighted by molar-refractivity contribution is 5.43. The first-order valence-electron chi connectivity index (χ1n) is 6.74. The van der Waals surface area contributed by atoms with Gasteiger partial charge in [0.2, 0.25) is 0 Å². The molecule has 0 spiro atoms. The van der Waals surface area contributed by atoms with Crippen LogP contribution in [0.2, 0.25) is 0 Å². The number of rotatable bonds is 3. The third-order valence-corrected chi connectivity index (χ3v) is 3.89. The Hall–Kier alpha value is -1.71. The lowest BCUT2D eigenvalue weighted by Crippen LogP contribution is -2.30. The van der Waals surface area contributed by atoms with Gasteiger partial charge in [-0.05, 0) is 55.5 Å². The summed E-state index contributed by atoms with van der Waals surface area (Å²) in [6.45, 7) is 7.92. The molecule has 0 heterocycles. The molecule has 2 aromatic rings. The summed E-state index contributed by atoms with van der Waals surface area (Å²) in [6, 6.07) is 9.25. The van der Waals surface area contributed by atoms with E-state index in [0.29, 0.717) is 11.1 Å². The number of hydrogen-bond donors (Lipinski definition) is 2. The lowest BCUT2D eigenvalue weighted by molar-refractivity contribution is 0.553. The van der Waals surface area contributed by atoms with Crippen LogP contribution >= 0.6 is 0 Å². The van der Waals surface area contributed by atoms with E-state index in [1.807, 2.05) is 13.0 Å². The van der Waals surface area contributed by atoms with E-state index in [-0.39, 0.29) is 11.9 Å². The van der Waals surface area contributed by atoms with Crippen LogP contribution in [-0.4, -0.2) is 0 Å². The molecule has 0 aliphatic carbocycles. The topological polar surface area (TPSA) is 38.0 Å². The monoisotopic (exact) mass is 272 g/mol. The summed E-state index contributed by atoms with van der Waals surface area (Å²) in [5, 5.41) is 0. The first kappa shape index (κ1) is 14.7. The van der Waals surface area contributed by atoms with Crippen LogP contribution in [0.3, 0.4) is 0 Å². The fraction of sp³-hybridized carbons (Fsp3) is 0.294. The van der Waals surface area contributed by atoms with Crippen LogP contribution in [0.15, 0.2) is 30.3 Å². The molecule has 20 heavy (non-hydrogen) atoms. The second kappa shape index (κ2) is 5.73. The van der Waals surface area contributed by atoms with Gasteiger partial charge in [0.1, 0.15) is 5.82 Å². The Morgan fingerprint density at radius 2 is 1.55 bits per heavy atom. The zero-order valence-electron chi connectivity index (χ0n) is 12.4. The van der Waals surface area contributed by atoms with Crippen molar-refractivity contribution in [3.05, 3.63) is 69.5 Å². The summed E-state index contributed by atoms with van der Waals surface area (Å²) in [6.07, 6.45) is 0. The van der Waals surface area contributed by atoms with Crippen LogP contribution in [0.1, 0.15) is 39.4 Å². The third-order valence-electron chi connectivity index (χ3n) is 3.89. The summed E-state index contributed by atoms with van der Waals surface area (Å²) >= 11 is 0. The predicted molar refractivity (Wildman–Crippen MR) is 81.0 cm³/mol. The van der Waals surface area contributed by atoms with E-state index < -0.39 is 0 Å². The molecule has 3 heteroatoms. The lowest BCUT2D eigenvalue weighted by atomic mass is 9.91. The SMILES string of the molecule is Cc1cc(C)c(C(NN)c2cccc(C)c2F)cc1C. The molecule has 0 radical (unpaired) electrons. The minimum atomic E-state index is -0.339. The summed E-state index contributed by atoms with van der Waals surface area (Å²) in [5.41, 5.74) is 8.49. The highest BCUT2D eigenvalue weighted by atomic mass is 19.1. The molecule has 0 aromatic heterocycles. The molecular formula is C17H21FN2. The van der Waals surface area contributed by atoms with E-state index in [2.05, 4.69) is 31.4 Å². The Morgan fingerprint density at radius 1 is 0.900 bits per heavy atom. The van der Waals surface area contributed by atoms with Crippen molar-refractivity contribution in [2.75, 3.05) is 0 Å². The average molecular weight is 272 g/mol. The van der Waals surface area contributed by atoms with Crippen molar-refractivity contribution in [2.24, 2.45) is 5.84 Å². The maximum absolute atomic E-state index is 14.3. The molecule has 0 aliphatic heterocycles. The summed E-state index contributed by atoms with van der Waals surface area (Å²) in [4.78, 5) is 0. The van der Waals surface area contributed by atoms with E-state index in [1.54, 1.807) is 19.1 Å². The van der Waals surface area contributed by atoms with Gasteiger partial charge in [-0.3, -0.25) is 5.84 Å². The number of benzene rings is 2. The van der Waals surface area contributed by atoms with Gasteiger partial charge in [0.15, 0.2) is 0 Å². The molecule has 0 saturated heterocycles. The van der Waals surface area contributed by atoms with E-state index >= 15 is 0 Å². The first-order chi connectivity index (χ1) is 9.45. The van der Waals surface area contributed by atoms with E-state index in [4.69, 9.17) is 5.84 Å². The van der Waals surface area contributed by atoms with E-state index in [9.17, 15) is 4.39 Å². The molecule has 2 nitrogen and oxygen atoms in total. The van der Waals surface area contributed by atoms with Gasteiger partial charge < -0.3 is 0 Å². The molecule has 0 fully saturated rings. The number of nitrogens with one attached hydrogen (secondary N) is 1. The first-order valence-corrected chi connectivity index (χ1v) is 6.74. The van der Waals surface area contributed by atoms with Crippen molar-refractivity contribution < 1.29 is 4.39 Å². The Bertz CT molecular complexity index is 635. The van der Waals surface area contributed by atoms with Crippen molar-refractivity contribution >= 4 is 0 Å². The van der Waals surface area contributed by atoms with Crippen molar-refractivity contribution in [1.29, 1.82) is 0 Å². The number of nitrogens with two attached hydrogens (primary N) is 1. The van der Waals surface area contributed by atoms with E-state index in [0.717, 1.165) is 11.1 Å². The lowest BCUT2D eigenvalue weighted by Gasteiger charge is -2.21. The molecule has 2 aromatic carbocycles. The number of hydrogen-bond acceptors (Lipinski definition) is 2. The van der Waals surface area contributed by atoms with Crippen LogP contribution in [0.4, 0.5) is 4.39 Å². The van der Waals surface area contributed by atoms with Gasteiger partial charge in [-0.2, -0.15) is 0 Å². The van der Waals surface area contributed by atoms with Gasteiger partial charge in [-0.25, -0.2) is 9.82 Å². The molecule has 1 atom stereocenters. The fourth-order valence-electron chi connectivity index (χ4n) is 2.53. The van der Waals surface area contributed by atoms with E-state index in [1.165, 1.54) is 11.1 Å².